The van der Waals surface area contributed by atoms with Gasteiger partial charge in [0.1, 0.15) is 11.6 Å². The van der Waals surface area contributed by atoms with E-state index in [1.54, 1.807) is 29.2 Å². The van der Waals surface area contributed by atoms with Crippen molar-refractivity contribution in [3.05, 3.63) is 41.4 Å². The Morgan fingerprint density at radius 3 is 2.54 bits per heavy atom. The topological polar surface area (TPSA) is 91.0 Å². The van der Waals surface area contributed by atoms with Gasteiger partial charge in [-0.1, -0.05) is 56.9 Å². The van der Waals surface area contributed by atoms with Gasteiger partial charge in [0.15, 0.2) is 0 Å². The predicted molar refractivity (Wildman–Crippen MR) is 158 cm³/mol. The molecule has 4 fully saturated rings. The van der Waals surface area contributed by atoms with Crippen molar-refractivity contribution in [1.82, 2.24) is 15.1 Å². The van der Waals surface area contributed by atoms with Crippen LogP contribution in [0.3, 0.4) is 0 Å². The van der Waals surface area contributed by atoms with Crippen molar-refractivity contribution in [2.45, 2.75) is 82.6 Å². The number of amides is 3. The highest BCUT2D eigenvalue weighted by molar-refractivity contribution is 6.30. The third kappa shape index (κ3) is 5.32. The highest BCUT2D eigenvalue weighted by Crippen LogP contribution is 2.55. The molecular weight excluding hydrogens is 540 g/mol. The van der Waals surface area contributed by atoms with Crippen molar-refractivity contribution in [2.75, 3.05) is 31.5 Å². The molecule has 6 rings (SSSR count). The van der Waals surface area contributed by atoms with Crippen LogP contribution < -0.4 is 10.6 Å². The SMILES string of the molecule is C[C@@H]1[C@H](C)CCC[C@@H]1NC(=O)[C@@H]1N(CCCN2CCCCC2)C(=O)[C@@H]2[C@@H](C(=O)Nc3ccc(Cl)cc3)[C@@H]3C=C[C@]21O3. The summed E-state index contributed by atoms with van der Waals surface area (Å²) >= 11 is 6.02. The Labute approximate surface area is 248 Å². The second-order valence-corrected chi connectivity index (χ2v) is 13.3. The number of piperidine rings is 1. The third-order valence-electron chi connectivity index (χ3n) is 10.4. The summed E-state index contributed by atoms with van der Waals surface area (Å²) in [6.07, 6.45) is 10.9. The number of benzene rings is 1. The second kappa shape index (κ2) is 11.7. The van der Waals surface area contributed by atoms with Crippen LogP contribution in [-0.4, -0.2) is 77.5 Å². The number of ether oxygens (including phenoxy) is 1. The highest BCUT2D eigenvalue weighted by Gasteiger charge is 2.72. The van der Waals surface area contributed by atoms with Crippen molar-refractivity contribution >= 4 is 35.0 Å². The zero-order chi connectivity index (χ0) is 28.7. The Kier molecular flexibility index (Phi) is 8.18. The van der Waals surface area contributed by atoms with Crippen LogP contribution in [0.4, 0.5) is 5.69 Å². The molecular formula is C32H43ClN4O4. The summed E-state index contributed by atoms with van der Waals surface area (Å²) in [5, 5.41) is 6.88. The number of rotatable bonds is 8. The van der Waals surface area contributed by atoms with Crippen LogP contribution in [0.1, 0.15) is 58.8 Å². The number of hydrogen-bond acceptors (Lipinski definition) is 5. The molecule has 1 aromatic carbocycles. The maximum absolute atomic E-state index is 14.2. The minimum absolute atomic E-state index is 0.0681. The summed E-state index contributed by atoms with van der Waals surface area (Å²) in [4.78, 5) is 46.2. The zero-order valence-corrected chi connectivity index (χ0v) is 24.9. The molecule has 8 nitrogen and oxygen atoms in total. The number of halogens is 1. The molecule has 5 aliphatic rings. The Bertz CT molecular complexity index is 1180. The molecule has 41 heavy (non-hydrogen) atoms. The van der Waals surface area contributed by atoms with Crippen molar-refractivity contribution in [2.24, 2.45) is 23.7 Å². The van der Waals surface area contributed by atoms with Gasteiger partial charge < -0.3 is 25.2 Å². The standard InChI is InChI=1S/C32H43ClN4O4/c1-20-8-6-9-24(21(20)2)35-30(39)28-32-15-14-25(41-32)26(29(38)34-23-12-10-22(33)11-13-23)27(32)31(40)37(28)19-7-18-36-16-4-3-5-17-36/h10-15,20-21,24-28H,3-9,16-19H2,1-2H3,(H,34,38)(H,35,39)/t20-,21-,24+,25+,26+,27+,28+,32+/m1/s1. The first-order chi connectivity index (χ1) is 19.8. The first-order valence-corrected chi connectivity index (χ1v) is 15.9. The Morgan fingerprint density at radius 1 is 1.02 bits per heavy atom. The van der Waals surface area contributed by atoms with Gasteiger partial charge in [0.05, 0.1) is 17.9 Å². The number of fused-ring (bicyclic) bond motifs is 1. The zero-order valence-electron chi connectivity index (χ0n) is 24.2. The lowest BCUT2D eigenvalue weighted by Gasteiger charge is -2.38. The Morgan fingerprint density at radius 2 is 1.78 bits per heavy atom. The van der Waals surface area contributed by atoms with Crippen LogP contribution in [0.5, 0.6) is 0 Å². The fraction of sp³-hybridized carbons (Fsp3) is 0.656. The lowest BCUT2D eigenvalue weighted by atomic mass is 9.73. The Hall–Kier alpha value is -2.42. The molecule has 8 atom stereocenters. The molecule has 1 aliphatic carbocycles. The van der Waals surface area contributed by atoms with Crippen molar-refractivity contribution < 1.29 is 19.1 Å². The van der Waals surface area contributed by atoms with Crippen molar-refractivity contribution in [3.63, 3.8) is 0 Å². The molecule has 222 valence electrons. The number of nitrogens with zero attached hydrogens (tertiary/aromatic N) is 2. The van der Waals surface area contributed by atoms with E-state index in [2.05, 4.69) is 29.4 Å². The molecule has 4 heterocycles. The molecule has 9 heteroatoms. The van der Waals surface area contributed by atoms with Crippen LogP contribution >= 0.6 is 11.6 Å². The van der Waals surface area contributed by atoms with E-state index >= 15 is 0 Å². The number of carbonyl (C=O) groups is 3. The van der Waals surface area contributed by atoms with Crippen LogP contribution in [0, 0.1) is 23.7 Å². The van der Waals surface area contributed by atoms with Gasteiger partial charge in [0.25, 0.3) is 0 Å². The monoisotopic (exact) mass is 582 g/mol. The fourth-order valence-corrected chi connectivity index (χ4v) is 8.09. The summed E-state index contributed by atoms with van der Waals surface area (Å²) in [5.74, 6) is -1.14. The van der Waals surface area contributed by atoms with Gasteiger partial charge in [-0.2, -0.15) is 0 Å². The maximum Gasteiger partial charge on any atom is 0.246 e. The van der Waals surface area contributed by atoms with Gasteiger partial charge in [0.2, 0.25) is 17.7 Å². The van der Waals surface area contributed by atoms with E-state index < -0.39 is 29.6 Å². The normalized spacial score (nSPS) is 36.4. The second-order valence-electron chi connectivity index (χ2n) is 12.9. The quantitative estimate of drug-likeness (QED) is 0.447. The number of anilines is 1. The fourth-order valence-electron chi connectivity index (χ4n) is 7.96. The first-order valence-electron chi connectivity index (χ1n) is 15.6. The molecule has 2 N–H and O–H groups in total. The summed E-state index contributed by atoms with van der Waals surface area (Å²) < 4.78 is 6.52. The molecule has 0 aromatic heterocycles. The van der Waals surface area contributed by atoms with E-state index in [0.717, 1.165) is 38.9 Å². The minimum Gasteiger partial charge on any atom is -0.359 e. The maximum atomic E-state index is 14.2. The van der Waals surface area contributed by atoms with E-state index in [-0.39, 0.29) is 23.8 Å². The number of likely N-dealkylation sites (tertiary alicyclic amines) is 2. The van der Waals surface area contributed by atoms with Crippen LogP contribution in [0.25, 0.3) is 0 Å². The van der Waals surface area contributed by atoms with Gasteiger partial charge in [-0.15, -0.1) is 0 Å². The molecule has 0 unspecified atom stereocenters. The van der Waals surface area contributed by atoms with Crippen LogP contribution in [0.2, 0.25) is 5.02 Å². The average molecular weight is 583 g/mol. The van der Waals surface area contributed by atoms with Crippen LogP contribution in [0.15, 0.2) is 36.4 Å². The molecule has 2 bridgehead atoms. The van der Waals surface area contributed by atoms with Gasteiger partial charge >= 0.3 is 0 Å². The Balaban J connectivity index is 1.24. The summed E-state index contributed by atoms with van der Waals surface area (Å²) in [6, 6.07) is 6.19. The van der Waals surface area contributed by atoms with Gasteiger partial charge in [0, 0.05) is 23.3 Å². The average Bonchev–Trinajstić information content (AvgIpc) is 3.60. The molecule has 1 aromatic rings. The van der Waals surface area contributed by atoms with E-state index in [4.69, 9.17) is 16.3 Å². The smallest absolute Gasteiger partial charge is 0.246 e. The van der Waals surface area contributed by atoms with Crippen molar-refractivity contribution in [3.8, 4) is 0 Å². The summed E-state index contributed by atoms with van der Waals surface area (Å²) in [7, 11) is 0. The molecule has 3 saturated heterocycles. The minimum atomic E-state index is -1.14. The molecule has 0 radical (unpaired) electrons. The van der Waals surface area contributed by atoms with Gasteiger partial charge in [-0.25, -0.2) is 0 Å². The number of nitrogens with one attached hydrogen (secondary N) is 2. The lowest BCUT2D eigenvalue weighted by molar-refractivity contribution is -0.141. The third-order valence-corrected chi connectivity index (χ3v) is 10.6. The largest absolute Gasteiger partial charge is 0.359 e. The van der Waals surface area contributed by atoms with Crippen molar-refractivity contribution in [1.29, 1.82) is 0 Å². The molecule has 3 amide bonds. The lowest BCUT2D eigenvalue weighted by Crippen LogP contribution is -2.58. The first kappa shape index (κ1) is 28.7. The molecule has 1 spiro atoms. The molecule has 4 aliphatic heterocycles. The van der Waals surface area contributed by atoms with E-state index in [0.29, 0.717) is 29.1 Å². The van der Waals surface area contributed by atoms with Gasteiger partial charge in [-0.3, -0.25) is 14.4 Å². The van der Waals surface area contributed by atoms with Gasteiger partial charge in [-0.05, 0) is 81.4 Å². The van der Waals surface area contributed by atoms with E-state index in [9.17, 15) is 14.4 Å². The highest BCUT2D eigenvalue weighted by atomic mass is 35.5. The number of carbonyl (C=O) groups excluding carboxylic acids is 3. The summed E-state index contributed by atoms with van der Waals surface area (Å²) in [6.45, 7) is 7.99. The van der Waals surface area contributed by atoms with E-state index in [1.807, 2.05) is 12.2 Å². The molecule has 1 saturated carbocycles. The number of hydrogen-bond donors (Lipinski definition) is 2. The van der Waals surface area contributed by atoms with E-state index in [1.165, 1.54) is 25.7 Å². The predicted octanol–water partition coefficient (Wildman–Crippen LogP) is 4.25. The van der Waals surface area contributed by atoms with Crippen LogP contribution in [-0.2, 0) is 19.1 Å². The summed E-state index contributed by atoms with van der Waals surface area (Å²) in [5.41, 5.74) is -0.526.